The normalized spacial score (nSPS) is 19.1. The van der Waals surface area contributed by atoms with E-state index < -0.39 is 10.8 Å². The summed E-state index contributed by atoms with van der Waals surface area (Å²) in [7, 11) is 0. The molecule has 0 bridgehead atoms. The van der Waals surface area contributed by atoms with E-state index in [4.69, 9.17) is 0 Å². The first-order chi connectivity index (χ1) is 39.2. The van der Waals surface area contributed by atoms with Crippen molar-refractivity contribution >= 4 is 68.0 Å². The zero-order valence-corrected chi connectivity index (χ0v) is 44.8. The fourth-order valence-corrected chi connectivity index (χ4v) is 17.5. The van der Waals surface area contributed by atoms with Gasteiger partial charge in [0.05, 0.1) is 21.9 Å². The molecule has 0 N–H and O–H groups in total. The van der Waals surface area contributed by atoms with Crippen LogP contribution >= 0.6 is 23.5 Å². The maximum absolute atomic E-state index is 2.57. The molecule has 2 aliphatic heterocycles. The molecule has 10 aromatic carbocycles. The first kappa shape index (κ1) is 45.2. The van der Waals surface area contributed by atoms with Crippen molar-refractivity contribution in [3.63, 3.8) is 0 Å². The van der Waals surface area contributed by atoms with Gasteiger partial charge in [0.15, 0.2) is 0 Å². The van der Waals surface area contributed by atoms with Gasteiger partial charge in [0.1, 0.15) is 0 Å². The Balaban J connectivity index is 0.894. The molecule has 372 valence electrons. The van der Waals surface area contributed by atoms with E-state index in [0.717, 1.165) is 29.2 Å². The smallest absolute Gasteiger partial charge is 0.0702 e. The third-order valence-electron chi connectivity index (χ3n) is 18.0. The van der Waals surface area contributed by atoms with Gasteiger partial charge in [-0.1, -0.05) is 212 Å². The Kier molecular flexibility index (Phi) is 9.94. The monoisotopic (exact) mass is 1040 g/mol. The maximum Gasteiger partial charge on any atom is 0.0702 e. The SMILES string of the molecule is C1=CCC2=C(C=C1)c1ccc(N(c3ccc(-c4ccc5c6ccccc6n(-c6ccccc6)c5c4)cc3)c3ccc4c(c3)C3(c5ccccc5SC5C=CC=CC53)c3ccccc3-4)cc1C21c2ccccc2Sc2ccccc21. The average molecular weight is 1040 g/mol. The third kappa shape index (κ3) is 6.33. The molecule has 11 aromatic rings. The predicted molar refractivity (Wildman–Crippen MR) is 331 cm³/mol. The van der Waals surface area contributed by atoms with E-state index in [1.54, 1.807) is 0 Å². The second kappa shape index (κ2) is 17.4. The van der Waals surface area contributed by atoms with Crippen LogP contribution < -0.4 is 4.90 Å². The molecule has 4 heteroatoms. The van der Waals surface area contributed by atoms with E-state index in [1.165, 1.54) is 109 Å². The molecule has 79 heavy (non-hydrogen) atoms. The highest BCUT2D eigenvalue weighted by atomic mass is 32.2. The summed E-state index contributed by atoms with van der Waals surface area (Å²) in [6, 6.07) is 87.6. The molecule has 6 aliphatic rings. The molecule has 2 spiro atoms. The van der Waals surface area contributed by atoms with Crippen LogP contribution in [0.4, 0.5) is 17.1 Å². The molecule has 4 aliphatic carbocycles. The number of allylic oxidation sites excluding steroid dienone is 9. The molecular weight excluding hydrogens is 993 g/mol. The molecule has 2 nitrogen and oxygen atoms in total. The topological polar surface area (TPSA) is 8.17 Å². The van der Waals surface area contributed by atoms with E-state index >= 15 is 0 Å². The van der Waals surface area contributed by atoms with Gasteiger partial charge in [-0.05, 0) is 158 Å². The third-order valence-corrected chi connectivity index (χ3v) is 20.5. The van der Waals surface area contributed by atoms with E-state index in [0.29, 0.717) is 5.25 Å². The molecule has 3 unspecified atom stereocenters. The fourth-order valence-electron chi connectivity index (χ4n) is 14.9. The molecule has 3 atom stereocenters. The number of hydrogen-bond acceptors (Lipinski definition) is 3. The number of thioether (sulfide) groups is 1. The predicted octanol–water partition coefficient (Wildman–Crippen LogP) is 19.5. The van der Waals surface area contributed by atoms with Crippen molar-refractivity contribution in [2.45, 2.75) is 37.2 Å². The first-order valence-electron chi connectivity index (χ1n) is 27.6. The Morgan fingerprint density at radius 1 is 0.430 bits per heavy atom. The molecular formula is C75H50N2S2. The van der Waals surface area contributed by atoms with Crippen molar-refractivity contribution in [3.8, 4) is 27.9 Å². The number of aromatic nitrogens is 1. The number of fused-ring (bicyclic) bond motifs is 20. The Morgan fingerprint density at radius 2 is 1.05 bits per heavy atom. The zero-order chi connectivity index (χ0) is 51.8. The summed E-state index contributed by atoms with van der Waals surface area (Å²) in [6.45, 7) is 0. The van der Waals surface area contributed by atoms with E-state index in [1.807, 2.05) is 23.5 Å². The number of rotatable bonds is 5. The van der Waals surface area contributed by atoms with Gasteiger partial charge in [-0.15, -0.1) is 11.8 Å². The second-order valence-electron chi connectivity index (χ2n) is 21.7. The maximum atomic E-state index is 2.57. The Bertz CT molecular complexity index is 4500. The first-order valence-corrected chi connectivity index (χ1v) is 29.3. The van der Waals surface area contributed by atoms with Gasteiger partial charge in [0.25, 0.3) is 0 Å². The number of hydrogen-bond donors (Lipinski definition) is 0. The van der Waals surface area contributed by atoms with Crippen molar-refractivity contribution in [1.82, 2.24) is 4.57 Å². The number of para-hydroxylation sites is 2. The van der Waals surface area contributed by atoms with Gasteiger partial charge in [-0.2, -0.15) is 0 Å². The Morgan fingerprint density at radius 3 is 1.86 bits per heavy atom. The summed E-state index contributed by atoms with van der Waals surface area (Å²) in [4.78, 5) is 6.55. The lowest BCUT2D eigenvalue weighted by molar-refractivity contribution is 0.449. The van der Waals surface area contributed by atoms with Gasteiger partial charge >= 0.3 is 0 Å². The molecule has 1 aromatic heterocycles. The molecule has 3 heterocycles. The van der Waals surface area contributed by atoms with Gasteiger partial charge in [0, 0.05) is 59.4 Å². The average Bonchev–Trinajstić information content (AvgIpc) is 3.63. The molecule has 0 fully saturated rings. The lowest BCUT2D eigenvalue weighted by atomic mass is 9.62. The van der Waals surface area contributed by atoms with Gasteiger partial charge < -0.3 is 9.47 Å². The quantitative estimate of drug-likeness (QED) is 0.170. The van der Waals surface area contributed by atoms with Gasteiger partial charge in [-0.3, -0.25) is 0 Å². The van der Waals surface area contributed by atoms with Crippen LogP contribution in [0, 0.1) is 5.92 Å². The number of benzene rings is 10. The highest BCUT2D eigenvalue weighted by molar-refractivity contribution is 8.00. The van der Waals surface area contributed by atoms with Crippen LogP contribution in [0.2, 0.25) is 0 Å². The van der Waals surface area contributed by atoms with Gasteiger partial charge in [0.2, 0.25) is 0 Å². The van der Waals surface area contributed by atoms with Crippen molar-refractivity contribution in [2.75, 3.05) is 4.90 Å². The fraction of sp³-hybridized carbons (Fsp3) is 0.0667. The standard InChI is InChI=1S/C75H50N2S2/c1-3-19-50(20-4-1)77-68-30-14-8-23-58(68)59-42-37-49(45-69(59)77)48-35-38-51(39-36-48)76(53-41-44-57-55-22-7-9-25-61(55)75(67(57)47-53)64-28-12-17-33-72(64)79-73-34-18-13-29-65(73)75)52-40-43-56-54-21-5-2-6-24-60(54)74(66(56)46-52)62-26-10-15-31-70(62)78-71-32-16-11-27-63(71)74/h1-23,25-47,64,72H,24H2. The summed E-state index contributed by atoms with van der Waals surface area (Å²) in [6.07, 6.45) is 19.5. The van der Waals surface area contributed by atoms with Crippen LogP contribution in [-0.4, -0.2) is 9.82 Å². The molecule has 0 saturated carbocycles. The summed E-state index contributed by atoms with van der Waals surface area (Å²) in [5.41, 5.74) is 23.3. The second-order valence-corrected chi connectivity index (χ2v) is 24.0. The van der Waals surface area contributed by atoms with Crippen LogP contribution in [-0.2, 0) is 10.8 Å². The van der Waals surface area contributed by atoms with Crippen molar-refractivity contribution in [2.24, 2.45) is 5.92 Å². The highest BCUT2D eigenvalue weighted by Gasteiger charge is 2.55. The Hall–Kier alpha value is -8.80. The largest absolute Gasteiger partial charge is 0.310 e. The van der Waals surface area contributed by atoms with Crippen LogP contribution in [0.5, 0.6) is 0 Å². The number of nitrogens with zero attached hydrogens (tertiary/aromatic N) is 2. The molecule has 0 saturated heterocycles. The lowest BCUT2D eigenvalue weighted by Crippen LogP contribution is -2.43. The van der Waals surface area contributed by atoms with Crippen molar-refractivity contribution in [1.29, 1.82) is 0 Å². The van der Waals surface area contributed by atoms with Crippen LogP contribution in [0.15, 0.2) is 299 Å². The minimum absolute atomic E-state index is 0.216. The van der Waals surface area contributed by atoms with E-state index in [-0.39, 0.29) is 5.92 Å². The summed E-state index contributed by atoms with van der Waals surface area (Å²) in [5, 5.41) is 2.80. The zero-order valence-electron chi connectivity index (χ0n) is 43.1. The minimum atomic E-state index is -0.489. The summed E-state index contributed by atoms with van der Waals surface area (Å²) >= 11 is 3.92. The Labute approximate surface area is 469 Å². The molecule has 0 amide bonds. The lowest BCUT2D eigenvalue weighted by Gasteiger charge is -2.47. The minimum Gasteiger partial charge on any atom is -0.310 e. The van der Waals surface area contributed by atoms with E-state index in [9.17, 15) is 0 Å². The van der Waals surface area contributed by atoms with Crippen LogP contribution in [0.3, 0.4) is 0 Å². The van der Waals surface area contributed by atoms with E-state index in [2.05, 4.69) is 289 Å². The summed E-state index contributed by atoms with van der Waals surface area (Å²) < 4.78 is 2.41. The van der Waals surface area contributed by atoms with Gasteiger partial charge in [-0.25, -0.2) is 0 Å². The molecule has 17 rings (SSSR count). The van der Waals surface area contributed by atoms with Crippen LogP contribution in [0.25, 0.3) is 55.3 Å². The summed E-state index contributed by atoms with van der Waals surface area (Å²) in [5.74, 6) is 0.216. The number of anilines is 3. The van der Waals surface area contributed by atoms with Crippen molar-refractivity contribution < 1.29 is 0 Å². The molecule has 0 radical (unpaired) electrons. The van der Waals surface area contributed by atoms with Crippen LogP contribution in [0.1, 0.15) is 45.4 Å². The highest BCUT2D eigenvalue weighted by Crippen LogP contribution is 2.66. The van der Waals surface area contributed by atoms with Crippen molar-refractivity contribution in [3.05, 3.63) is 324 Å².